The third-order valence-corrected chi connectivity index (χ3v) is 1.81. The van der Waals surface area contributed by atoms with E-state index < -0.39 is 5.97 Å². The highest BCUT2D eigenvalue weighted by Gasteiger charge is 2.04. The molecular weight excluding hydrogens is 212 g/mol. The molecule has 0 aromatic carbocycles. The molecule has 2 heterocycles. The largest absolute Gasteiger partial charge is 0.476 e. The lowest BCUT2D eigenvalue weighted by molar-refractivity contribution is 0.0690. The van der Waals surface area contributed by atoms with Crippen molar-refractivity contribution >= 4 is 11.8 Å². The number of hydrogen-bond acceptors (Lipinski definition) is 6. The molecule has 7 heteroatoms. The number of nitrogens with one attached hydrogen (secondary N) is 1. The predicted octanol–water partition coefficient (Wildman–Crippen LogP) is 0.775. The molecule has 0 radical (unpaired) electrons. The standard InChI is InChI=1S/C9H8N4O3/c14-9(15)7-4-12-8(5-10-7)11-3-6-1-2-13-16-6/h1-2,4-5H,3H2,(H,11,12)(H,14,15). The van der Waals surface area contributed by atoms with Crippen LogP contribution in [-0.2, 0) is 6.54 Å². The number of carboxylic acids is 1. The summed E-state index contributed by atoms with van der Waals surface area (Å²) < 4.78 is 4.86. The van der Waals surface area contributed by atoms with E-state index in [9.17, 15) is 4.79 Å². The quantitative estimate of drug-likeness (QED) is 0.784. The Kier molecular flexibility index (Phi) is 2.77. The molecule has 82 valence electrons. The van der Waals surface area contributed by atoms with E-state index in [0.29, 0.717) is 18.1 Å². The first-order valence-electron chi connectivity index (χ1n) is 4.44. The maximum Gasteiger partial charge on any atom is 0.356 e. The van der Waals surface area contributed by atoms with Gasteiger partial charge in [-0.05, 0) is 0 Å². The molecule has 0 saturated heterocycles. The van der Waals surface area contributed by atoms with Crippen LogP contribution in [0.1, 0.15) is 16.2 Å². The van der Waals surface area contributed by atoms with Crippen molar-refractivity contribution in [2.45, 2.75) is 6.54 Å². The monoisotopic (exact) mass is 220 g/mol. The Morgan fingerprint density at radius 2 is 2.31 bits per heavy atom. The lowest BCUT2D eigenvalue weighted by Crippen LogP contribution is -2.05. The van der Waals surface area contributed by atoms with Crippen molar-refractivity contribution < 1.29 is 14.4 Å². The molecule has 0 saturated carbocycles. The fraction of sp³-hybridized carbons (Fsp3) is 0.111. The van der Waals surface area contributed by atoms with E-state index in [4.69, 9.17) is 9.63 Å². The van der Waals surface area contributed by atoms with E-state index in [1.54, 1.807) is 6.07 Å². The minimum atomic E-state index is -1.10. The van der Waals surface area contributed by atoms with Crippen molar-refractivity contribution in [2.75, 3.05) is 5.32 Å². The van der Waals surface area contributed by atoms with Gasteiger partial charge in [-0.2, -0.15) is 0 Å². The van der Waals surface area contributed by atoms with Crippen molar-refractivity contribution in [2.24, 2.45) is 0 Å². The van der Waals surface area contributed by atoms with Crippen molar-refractivity contribution in [1.82, 2.24) is 15.1 Å². The number of aromatic nitrogens is 3. The van der Waals surface area contributed by atoms with E-state index in [2.05, 4.69) is 20.4 Å². The maximum atomic E-state index is 10.5. The minimum absolute atomic E-state index is 0.0924. The topological polar surface area (TPSA) is 101 Å². The van der Waals surface area contributed by atoms with E-state index in [-0.39, 0.29) is 5.69 Å². The van der Waals surface area contributed by atoms with Crippen LogP contribution >= 0.6 is 0 Å². The maximum absolute atomic E-state index is 10.5. The zero-order chi connectivity index (χ0) is 11.4. The summed E-state index contributed by atoms with van der Waals surface area (Å²) in [5.74, 6) is 0.0276. The van der Waals surface area contributed by atoms with Crippen LogP contribution in [0.3, 0.4) is 0 Å². The fourth-order valence-corrected chi connectivity index (χ4v) is 1.04. The van der Waals surface area contributed by atoms with E-state index in [1.807, 2.05) is 0 Å². The number of hydrogen-bond donors (Lipinski definition) is 2. The van der Waals surface area contributed by atoms with Gasteiger partial charge < -0.3 is 14.9 Å². The second-order valence-corrected chi connectivity index (χ2v) is 2.92. The highest BCUT2D eigenvalue weighted by atomic mass is 16.5. The number of carboxylic acid groups (broad SMARTS) is 1. The molecule has 0 fully saturated rings. The summed E-state index contributed by atoms with van der Waals surface area (Å²) in [5, 5.41) is 15.1. The Balaban J connectivity index is 1.98. The van der Waals surface area contributed by atoms with Gasteiger partial charge in [0.05, 0.1) is 25.1 Å². The second kappa shape index (κ2) is 4.39. The van der Waals surface area contributed by atoms with E-state index in [1.165, 1.54) is 18.6 Å². The smallest absolute Gasteiger partial charge is 0.356 e. The molecule has 0 aliphatic carbocycles. The van der Waals surface area contributed by atoms with Gasteiger partial charge >= 0.3 is 5.97 Å². The molecule has 0 aliphatic heterocycles. The molecule has 2 N–H and O–H groups in total. The van der Waals surface area contributed by atoms with E-state index >= 15 is 0 Å². The zero-order valence-corrected chi connectivity index (χ0v) is 8.12. The number of anilines is 1. The summed E-state index contributed by atoms with van der Waals surface area (Å²) in [6, 6.07) is 1.71. The molecule has 0 atom stereocenters. The molecule has 2 aromatic heterocycles. The van der Waals surface area contributed by atoms with Crippen molar-refractivity contribution in [1.29, 1.82) is 0 Å². The number of nitrogens with zero attached hydrogens (tertiary/aromatic N) is 3. The number of aromatic carboxylic acids is 1. The Morgan fingerprint density at radius 1 is 1.44 bits per heavy atom. The summed E-state index contributed by atoms with van der Waals surface area (Å²) in [6.45, 7) is 0.418. The molecule has 0 spiro atoms. The van der Waals surface area contributed by atoms with Crippen molar-refractivity contribution in [3.05, 3.63) is 36.1 Å². The van der Waals surface area contributed by atoms with Gasteiger partial charge in [0, 0.05) is 6.07 Å². The van der Waals surface area contributed by atoms with Crippen LogP contribution in [-0.4, -0.2) is 26.2 Å². The Bertz CT molecular complexity index is 466. The van der Waals surface area contributed by atoms with Crippen LogP contribution in [0.4, 0.5) is 5.82 Å². The first kappa shape index (κ1) is 10.1. The summed E-state index contributed by atoms with van der Waals surface area (Å²) in [4.78, 5) is 18.1. The molecule has 2 rings (SSSR count). The van der Waals surface area contributed by atoms with Gasteiger partial charge in [0.15, 0.2) is 11.5 Å². The van der Waals surface area contributed by atoms with Gasteiger partial charge in [-0.3, -0.25) is 0 Å². The highest BCUT2D eigenvalue weighted by Crippen LogP contribution is 2.04. The van der Waals surface area contributed by atoms with E-state index in [0.717, 1.165) is 0 Å². The Labute approximate surface area is 90.1 Å². The number of carbonyl (C=O) groups is 1. The highest BCUT2D eigenvalue weighted by molar-refractivity contribution is 5.84. The van der Waals surface area contributed by atoms with Crippen molar-refractivity contribution in [3.8, 4) is 0 Å². The van der Waals surface area contributed by atoms with Crippen molar-refractivity contribution in [3.63, 3.8) is 0 Å². The third-order valence-electron chi connectivity index (χ3n) is 1.81. The predicted molar refractivity (Wildman–Crippen MR) is 52.8 cm³/mol. The van der Waals surface area contributed by atoms with Gasteiger partial charge in [-0.25, -0.2) is 14.8 Å². The zero-order valence-electron chi connectivity index (χ0n) is 8.12. The van der Waals surface area contributed by atoms with Gasteiger partial charge in [0.2, 0.25) is 0 Å². The SMILES string of the molecule is O=C(O)c1cnc(NCc2ccno2)cn1. The third kappa shape index (κ3) is 2.32. The molecule has 0 bridgehead atoms. The van der Waals surface area contributed by atoms with Crippen LogP contribution in [0.25, 0.3) is 0 Å². The summed E-state index contributed by atoms with van der Waals surface area (Å²) in [7, 11) is 0. The van der Waals surface area contributed by atoms with Gasteiger partial charge in [0.25, 0.3) is 0 Å². The lowest BCUT2D eigenvalue weighted by Gasteiger charge is -2.01. The molecule has 0 aliphatic rings. The van der Waals surface area contributed by atoms with Crippen LogP contribution in [0.15, 0.2) is 29.2 Å². The summed E-state index contributed by atoms with van der Waals surface area (Å²) in [6.07, 6.45) is 4.07. The average Bonchev–Trinajstić information content (AvgIpc) is 2.80. The Morgan fingerprint density at radius 3 is 2.88 bits per heavy atom. The normalized spacial score (nSPS) is 10.0. The van der Waals surface area contributed by atoms with Crippen LogP contribution in [0, 0.1) is 0 Å². The molecule has 0 unspecified atom stereocenters. The Hall–Kier alpha value is -2.44. The lowest BCUT2D eigenvalue weighted by atomic mass is 10.4. The first-order chi connectivity index (χ1) is 7.75. The van der Waals surface area contributed by atoms with Gasteiger partial charge in [-0.1, -0.05) is 5.16 Å². The average molecular weight is 220 g/mol. The minimum Gasteiger partial charge on any atom is -0.476 e. The molecule has 2 aromatic rings. The van der Waals surface area contributed by atoms with Crippen LogP contribution in [0.2, 0.25) is 0 Å². The van der Waals surface area contributed by atoms with Crippen LogP contribution < -0.4 is 5.32 Å². The second-order valence-electron chi connectivity index (χ2n) is 2.92. The molecule has 0 amide bonds. The van der Waals surface area contributed by atoms with Gasteiger partial charge in [-0.15, -0.1) is 0 Å². The van der Waals surface area contributed by atoms with Crippen LogP contribution in [0.5, 0.6) is 0 Å². The van der Waals surface area contributed by atoms with Gasteiger partial charge in [0.1, 0.15) is 5.82 Å². The molecular formula is C9H8N4O3. The summed E-state index contributed by atoms with van der Waals surface area (Å²) >= 11 is 0. The molecule has 16 heavy (non-hydrogen) atoms. The fourth-order valence-electron chi connectivity index (χ4n) is 1.04. The first-order valence-corrected chi connectivity index (χ1v) is 4.44. The molecule has 7 nitrogen and oxygen atoms in total. The number of rotatable bonds is 4. The summed E-state index contributed by atoms with van der Waals surface area (Å²) in [5.41, 5.74) is -0.0924.